The summed E-state index contributed by atoms with van der Waals surface area (Å²) in [4.78, 5) is 25.3. The van der Waals surface area contributed by atoms with Crippen LogP contribution in [0.25, 0.3) is 0 Å². The second-order valence-electron chi connectivity index (χ2n) is 7.13. The van der Waals surface area contributed by atoms with Gasteiger partial charge in [-0.25, -0.2) is 0 Å². The molecule has 1 aromatic heterocycles. The van der Waals surface area contributed by atoms with E-state index in [-0.39, 0.29) is 17.7 Å². The second-order valence-corrected chi connectivity index (χ2v) is 8.21. The zero-order chi connectivity index (χ0) is 16.0. The zero-order valence-corrected chi connectivity index (χ0v) is 14.2. The molecule has 1 saturated heterocycles. The standard InChI is InChI=1S/C18H23NO3S/c1-10(20)13-6-7-14(23-13)18(21)19-16-12-8-9-22-17(12)15(16)11-4-2-3-5-11/h6-7,11-12,15-17H,2-5,8-9H2,1H3,(H,19,21). The molecular weight excluding hydrogens is 310 g/mol. The lowest BCUT2D eigenvalue weighted by atomic mass is 9.61. The lowest BCUT2D eigenvalue weighted by Gasteiger charge is -2.50. The molecule has 5 heteroatoms. The number of Topliss-reactive ketones (excluding diaryl/α,β-unsaturated/α-hetero) is 1. The van der Waals surface area contributed by atoms with Crippen molar-refractivity contribution in [1.82, 2.24) is 5.32 Å². The average molecular weight is 333 g/mol. The van der Waals surface area contributed by atoms with Gasteiger partial charge >= 0.3 is 0 Å². The van der Waals surface area contributed by atoms with Crippen LogP contribution in [0.2, 0.25) is 0 Å². The van der Waals surface area contributed by atoms with Crippen LogP contribution < -0.4 is 5.32 Å². The summed E-state index contributed by atoms with van der Waals surface area (Å²) in [6.45, 7) is 2.37. The number of rotatable bonds is 4. The monoisotopic (exact) mass is 333 g/mol. The van der Waals surface area contributed by atoms with E-state index in [1.165, 1.54) is 43.9 Å². The molecule has 1 aromatic rings. The summed E-state index contributed by atoms with van der Waals surface area (Å²) in [5.74, 6) is 1.67. The molecule has 3 fully saturated rings. The van der Waals surface area contributed by atoms with E-state index in [2.05, 4.69) is 5.32 Å². The number of ether oxygens (including phenoxy) is 1. The first kappa shape index (κ1) is 15.3. The average Bonchev–Trinajstić information content (AvgIpc) is 3.26. The van der Waals surface area contributed by atoms with Crippen LogP contribution in [0.5, 0.6) is 0 Å². The Bertz CT molecular complexity index is 615. The fraction of sp³-hybridized carbons (Fsp3) is 0.667. The van der Waals surface area contributed by atoms with Gasteiger partial charge in [-0.2, -0.15) is 0 Å². The van der Waals surface area contributed by atoms with E-state index >= 15 is 0 Å². The second kappa shape index (κ2) is 6.02. The van der Waals surface area contributed by atoms with Crippen molar-refractivity contribution in [3.05, 3.63) is 21.9 Å². The fourth-order valence-electron chi connectivity index (χ4n) is 4.73. The van der Waals surface area contributed by atoms with E-state index < -0.39 is 0 Å². The molecule has 1 amide bonds. The smallest absolute Gasteiger partial charge is 0.261 e. The maximum atomic E-state index is 12.6. The Morgan fingerprint density at radius 1 is 1.17 bits per heavy atom. The van der Waals surface area contributed by atoms with Crippen molar-refractivity contribution in [2.24, 2.45) is 17.8 Å². The van der Waals surface area contributed by atoms with Crippen molar-refractivity contribution in [2.75, 3.05) is 6.61 Å². The SMILES string of the molecule is CC(=O)c1ccc(C(=O)NC2C3CCOC3C2C2CCCC2)s1. The van der Waals surface area contributed by atoms with E-state index in [9.17, 15) is 9.59 Å². The number of amides is 1. The molecule has 0 radical (unpaired) electrons. The summed E-state index contributed by atoms with van der Waals surface area (Å²) >= 11 is 1.29. The highest BCUT2D eigenvalue weighted by Crippen LogP contribution is 2.51. The van der Waals surface area contributed by atoms with Gasteiger partial charge in [0.2, 0.25) is 0 Å². The molecule has 0 aromatic carbocycles. The Hall–Kier alpha value is -1.20. The fourth-order valence-corrected chi connectivity index (χ4v) is 5.54. The highest BCUT2D eigenvalue weighted by atomic mass is 32.1. The number of nitrogens with one attached hydrogen (secondary N) is 1. The van der Waals surface area contributed by atoms with Crippen LogP contribution in [0.15, 0.2) is 12.1 Å². The summed E-state index contributed by atoms with van der Waals surface area (Å²) in [7, 11) is 0. The number of ketones is 1. The molecule has 1 N–H and O–H groups in total. The number of fused-ring (bicyclic) bond motifs is 1. The molecule has 4 nitrogen and oxygen atoms in total. The summed E-state index contributed by atoms with van der Waals surface area (Å²) in [6, 6.07) is 3.77. The molecule has 0 spiro atoms. The van der Waals surface area contributed by atoms with Crippen molar-refractivity contribution in [3.8, 4) is 0 Å². The highest BCUT2D eigenvalue weighted by Gasteiger charge is 2.57. The summed E-state index contributed by atoms with van der Waals surface area (Å²) in [5, 5.41) is 3.26. The Labute approximate surface area is 140 Å². The third kappa shape index (κ3) is 2.64. The number of hydrogen-bond acceptors (Lipinski definition) is 4. The predicted octanol–water partition coefficient (Wildman–Crippen LogP) is 3.27. The summed E-state index contributed by atoms with van der Waals surface area (Å²) in [6.07, 6.45) is 6.59. The van der Waals surface area contributed by atoms with E-state index in [0.717, 1.165) is 13.0 Å². The van der Waals surface area contributed by atoms with Crippen molar-refractivity contribution < 1.29 is 14.3 Å². The van der Waals surface area contributed by atoms with Gasteiger partial charge in [0.1, 0.15) is 0 Å². The minimum absolute atomic E-state index is 0.0192. The quantitative estimate of drug-likeness (QED) is 0.860. The van der Waals surface area contributed by atoms with E-state index in [4.69, 9.17) is 4.74 Å². The number of hydrogen-bond donors (Lipinski definition) is 1. The van der Waals surface area contributed by atoms with Crippen LogP contribution in [0.1, 0.15) is 58.4 Å². The van der Waals surface area contributed by atoms with Gasteiger partial charge in [0.15, 0.2) is 5.78 Å². The predicted molar refractivity (Wildman–Crippen MR) is 88.9 cm³/mol. The molecule has 2 heterocycles. The Balaban J connectivity index is 1.47. The van der Waals surface area contributed by atoms with Gasteiger partial charge in [0.05, 0.1) is 15.9 Å². The Morgan fingerprint density at radius 2 is 1.91 bits per heavy atom. The lowest BCUT2D eigenvalue weighted by molar-refractivity contribution is -0.0784. The van der Waals surface area contributed by atoms with Crippen LogP contribution >= 0.6 is 11.3 Å². The number of carbonyl (C=O) groups is 2. The molecule has 0 bridgehead atoms. The van der Waals surface area contributed by atoms with Gasteiger partial charge in [-0.15, -0.1) is 11.3 Å². The molecule has 3 aliphatic rings. The summed E-state index contributed by atoms with van der Waals surface area (Å²) < 4.78 is 5.94. The first-order chi connectivity index (χ1) is 11.1. The van der Waals surface area contributed by atoms with Gasteiger partial charge in [-0.1, -0.05) is 25.7 Å². The lowest BCUT2D eigenvalue weighted by Crippen LogP contribution is -2.63. The molecule has 2 aliphatic carbocycles. The minimum atomic E-state index is -0.0270. The third-order valence-electron chi connectivity index (χ3n) is 5.86. The zero-order valence-electron chi connectivity index (χ0n) is 13.4. The maximum absolute atomic E-state index is 12.6. The van der Waals surface area contributed by atoms with Crippen molar-refractivity contribution in [2.45, 2.75) is 51.2 Å². The minimum Gasteiger partial charge on any atom is -0.377 e. The van der Waals surface area contributed by atoms with Crippen LogP contribution in [0.4, 0.5) is 0 Å². The molecule has 2 saturated carbocycles. The molecule has 1 aliphatic heterocycles. The summed E-state index contributed by atoms with van der Waals surface area (Å²) in [5.41, 5.74) is 0. The molecular formula is C18H23NO3S. The van der Waals surface area contributed by atoms with Crippen LogP contribution in [0.3, 0.4) is 0 Å². The third-order valence-corrected chi connectivity index (χ3v) is 7.04. The number of carbonyl (C=O) groups excluding carboxylic acids is 2. The van der Waals surface area contributed by atoms with Crippen LogP contribution in [-0.4, -0.2) is 30.4 Å². The molecule has 4 unspecified atom stereocenters. The topological polar surface area (TPSA) is 55.4 Å². The van der Waals surface area contributed by atoms with E-state index in [1.54, 1.807) is 12.1 Å². The first-order valence-electron chi connectivity index (χ1n) is 8.68. The molecule has 4 atom stereocenters. The molecule has 23 heavy (non-hydrogen) atoms. The Morgan fingerprint density at radius 3 is 2.61 bits per heavy atom. The van der Waals surface area contributed by atoms with Gasteiger partial charge < -0.3 is 10.1 Å². The van der Waals surface area contributed by atoms with Gasteiger partial charge in [-0.3, -0.25) is 9.59 Å². The van der Waals surface area contributed by atoms with Crippen molar-refractivity contribution in [1.29, 1.82) is 0 Å². The highest BCUT2D eigenvalue weighted by molar-refractivity contribution is 7.15. The van der Waals surface area contributed by atoms with Crippen molar-refractivity contribution in [3.63, 3.8) is 0 Å². The van der Waals surface area contributed by atoms with Crippen molar-refractivity contribution >= 4 is 23.0 Å². The normalized spacial score (nSPS) is 33.3. The van der Waals surface area contributed by atoms with Gasteiger partial charge in [0, 0.05) is 24.5 Å². The van der Waals surface area contributed by atoms with Gasteiger partial charge in [0.25, 0.3) is 5.91 Å². The first-order valence-corrected chi connectivity index (χ1v) is 9.50. The van der Waals surface area contributed by atoms with Crippen LogP contribution in [0, 0.1) is 17.8 Å². The van der Waals surface area contributed by atoms with E-state index in [0.29, 0.717) is 33.6 Å². The number of thiophene rings is 1. The molecule has 4 rings (SSSR count). The maximum Gasteiger partial charge on any atom is 0.261 e. The van der Waals surface area contributed by atoms with E-state index in [1.807, 2.05) is 0 Å². The van der Waals surface area contributed by atoms with Crippen LogP contribution in [-0.2, 0) is 4.74 Å². The molecule has 124 valence electrons. The Kier molecular flexibility index (Phi) is 4.01. The van der Waals surface area contributed by atoms with Gasteiger partial charge in [-0.05, 0) is 31.4 Å². The largest absolute Gasteiger partial charge is 0.377 e.